The second-order valence-corrected chi connectivity index (χ2v) is 11.8. The predicted octanol–water partition coefficient (Wildman–Crippen LogP) is 1.41. The molecule has 0 radical (unpaired) electrons. The molecule has 13 heteroatoms. The molecule has 44 heavy (non-hydrogen) atoms. The standard InChI is InChI=1S/C31H49N7O6/c1-21(2)24(20-39)35-27(41)10-14-43-16-17-44-15-12-32-28(42)18-34-26(40)9-13-38-25-19-36(5)37(6)30(22(3)4)29(25)23-8-7-11-33-31(23)38/h7-8,11,20-22,24,30H,9-10,12-19H2,1-6H3,(H,32,42)(H,34,40)(H,35,41). The van der Waals surface area contributed by atoms with Crippen LogP contribution in [0, 0.1) is 11.8 Å². The zero-order valence-corrected chi connectivity index (χ0v) is 26.9. The lowest BCUT2D eigenvalue weighted by Crippen LogP contribution is -2.45. The zero-order chi connectivity index (χ0) is 32.2. The summed E-state index contributed by atoms with van der Waals surface area (Å²) < 4.78 is 13.0. The van der Waals surface area contributed by atoms with E-state index in [9.17, 15) is 19.2 Å². The molecule has 0 aliphatic carbocycles. The Hall–Kier alpha value is -3.39. The Bertz CT molecular complexity index is 1260. The molecule has 0 fully saturated rings. The zero-order valence-electron chi connectivity index (χ0n) is 26.9. The minimum absolute atomic E-state index is 0.0327. The Kier molecular flexibility index (Phi) is 13.7. The van der Waals surface area contributed by atoms with Crippen molar-refractivity contribution in [3.63, 3.8) is 0 Å². The number of pyridine rings is 1. The molecule has 3 heterocycles. The molecule has 2 unspecified atom stereocenters. The fourth-order valence-electron chi connectivity index (χ4n) is 5.39. The topological polar surface area (TPSA) is 147 Å². The summed E-state index contributed by atoms with van der Waals surface area (Å²) in [5, 5.41) is 13.7. The maximum atomic E-state index is 12.7. The van der Waals surface area contributed by atoms with Crippen molar-refractivity contribution in [3.8, 4) is 0 Å². The maximum Gasteiger partial charge on any atom is 0.239 e. The van der Waals surface area contributed by atoms with Crippen molar-refractivity contribution in [1.29, 1.82) is 0 Å². The summed E-state index contributed by atoms with van der Waals surface area (Å²) in [5.74, 6) is -0.318. The molecule has 0 spiro atoms. The van der Waals surface area contributed by atoms with Gasteiger partial charge in [0, 0.05) is 62.9 Å². The third kappa shape index (κ3) is 9.55. The number of fused-ring (bicyclic) bond motifs is 3. The first-order chi connectivity index (χ1) is 21.0. The van der Waals surface area contributed by atoms with Crippen molar-refractivity contribution >= 4 is 35.0 Å². The van der Waals surface area contributed by atoms with Gasteiger partial charge in [-0.2, -0.15) is 0 Å². The minimum Gasteiger partial charge on any atom is -0.379 e. The number of carbonyl (C=O) groups excluding carboxylic acids is 4. The fourth-order valence-corrected chi connectivity index (χ4v) is 5.39. The van der Waals surface area contributed by atoms with Crippen LogP contribution in [0.3, 0.4) is 0 Å². The average molecular weight is 616 g/mol. The first-order valence-electron chi connectivity index (χ1n) is 15.4. The summed E-state index contributed by atoms with van der Waals surface area (Å²) in [7, 11) is 4.18. The molecule has 2 aromatic rings. The van der Waals surface area contributed by atoms with Gasteiger partial charge in [-0.1, -0.05) is 27.7 Å². The number of ether oxygens (including phenoxy) is 2. The third-order valence-electron chi connectivity index (χ3n) is 7.83. The van der Waals surface area contributed by atoms with Gasteiger partial charge in [0.25, 0.3) is 0 Å². The largest absolute Gasteiger partial charge is 0.379 e. The van der Waals surface area contributed by atoms with Crippen LogP contribution in [0.15, 0.2) is 18.3 Å². The SMILES string of the molecule is CC(C)C(C=O)NC(=O)CCOCCOCCNC(=O)CNC(=O)CCn1c2c(c3cccnc31)C(C(C)C)N(C)N(C)C2. The van der Waals surface area contributed by atoms with Crippen LogP contribution < -0.4 is 16.0 Å². The molecule has 244 valence electrons. The van der Waals surface area contributed by atoms with Crippen molar-refractivity contribution in [3.05, 3.63) is 29.6 Å². The van der Waals surface area contributed by atoms with E-state index in [1.807, 2.05) is 19.9 Å². The van der Waals surface area contributed by atoms with Gasteiger partial charge in [-0.3, -0.25) is 14.4 Å². The molecule has 2 atom stereocenters. The number of aldehydes is 1. The van der Waals surface area contributed by atoms with Gasteiger partial charge in [0.05, 0.1) is 51.6 Å². The van der Waals surface area contributed by atoms with Crippen molar-refractivity contribution in [2.75, 3.05) is 53.6 Å². The second kappa shape index (κ2) is 17.2. The van der Waals surface area contributed by atoms with Gasteiger partial charge in [-0.05, 0) is 24.0 Å². The summed E-state index contributed by atoms with van der Waals surface area (Å²) in [5.41, 5.74) is 3.33. The van der Waals surface area contributed by atoms with E-state index < -0.39 is 6.04 Å². The smallest absolute Gasteiger partial charge is 0.239 e. The van der Waals surface area contributed by atoms with Crippen LogP contribution in [0.4, 0.5) is 0 Å². The molecular formula is C31H49N7O6. The number of hydrazine groups is 1. The molecule has 1 aliphatic heterocycles. The average Bonchev–Trinajstić information content (AvgIpc) is 3.29. The highest BCUT2D eigenvalue weighted by molar-refractivity contribution is 5.85. The summed E-state index contributed by atoms with van der Waals surface area (Å²) in [6.45, 7) is 10.7. The number of carbonyl (C=O) groups is 4. The van der Waals surface area contributed by atoms with Crippen LogP contribution in [0.2, 0.25) is 0 Å². The van der Waals surface area contributed by atoms with Crippen molar-refractivity contribution in [2.45, 2.75) is 65.7 Å². The van der Waals surface area contributed by atoms with Crippen LogP contribution in [0.25, 0.3) is 11.0 Å². The molecule has 3 N–H and O–H groups in total. The summed E-state index contributed by atoms with van der Waals surface area (Å²) in [6.07, 6.45) is 2.91. The molecular weight excluding hydrogens is 566 g/mol. The van der Waals surface area contributed by atoms with Gasteiger partial charge in [-0.15, -0.1) is 0 Å². The van der Waals surface area contributed by atoms with Crippen LogP contribution in [-0.2, 0) is 41.7 Å². The number of hydrogen-bond acceptors (Lipinski definition) is 9. The first kappa shape index (κ1) is 35.1. The number of nitrogens with zero attached hydrogens (tertiary/aromatic N) is 4. The van der Waals surface area contributed by atoms with E-state index in [0.29, 0.717) is 38.8 Å². The van der Waals surface area contributed by atoms with Gasteiger partial charge in [-0.25, -0.2) is 15.0 Å². The Balaban J connectivity index is 1.33. The van der Waals surface area contributed by atoms with Gasteiger partial charge < -0.3 is 34.8 Å². The molecule has 0 aromatic carbocycles. The van der Waals surface area contributed by atoms with Crippen molar-refractivity contribution < 1.29 is 28.7 Å². The van der Waals surface area contributed by atoms with Gasteiger partial charge in [0.1, 0.15) is 11.9 Å². The van der Waals surface area contributed by atoms with Gasteiger partial charge in [0.2, 0.25) is 17.7 Å². The number of amides is 3. The van der Waals surface area contributed by atoms with Crippen LogP contribution in [0.5, 0.6) is 0 Å². The highest BCUT2D eigenvalue weighted by Gasteiger charge is 2.35. The third-order valence-corrected chi connectivity index (χ3v) is 7.83. The van der Waals surface area contributed by atoms with E-state index in [4.69, 9.17) is 9.47 Å². The molecule has 0 saturated heterocycles. The predicted molar refractivity (Wildman–Crippen MR) is 166 cm³/mol. The van der Waals surface area contributed by atoms with Crippen LogP contribution >= 0.6 is 0 Å². The van der Waals surface area contributed by atoms with Crippen molar-refractivity contribution in [1.82, 2.24) is 35.5 Å². The van der Waals surface area contributed by atoms with Crippen molar-refractivity contribution in [2.24, 2.45) is 11.8 Å². The first-order valence-corrected chi connectivity index (χ1v) is 15.4. The molecule has 1 aliphatic rings. The van der Waals surface area contributed by atoms with Gasteiger partial charge >= 0.3 is 0 Å². The van der Waals surface area contributed by atoms with E-state index in [1.54, 1.807) is 6.20 Å². The monoisotopic (exact) mass is 615 g/mol. The molecule has 0 saturated carbocycles. The van der Waals surface area contributed by atoms with E-state index in [0.717, 1.165) is 23.9 Å². The molecule has 3 rings (SSSR count). The van der Waals surface area contributed by atoms with E-state index in [1.165, 1.54) is 11.3 Å². The lowest BCUT2D eigenvalue weighted by Gasteiger charge is -2.42. The Morgan fingerprint density at radius 3 is 2.41 bits per heavy atom. The van der Waals surface area contributed by atoms with Crippen LogP contribution in [0.1, 0.15) is 57.8 Å². The number of aryl methyl sites for hydroxylation is 1. The number of aromatic nitrogens is 2. The van der Waals surface area contributed by atoms with E-state index >= 15 is 0 Å². The summed E-state index contributed by atoms with van der Waals surface area (Å²) in [6, 6.07) is 3.77. The lowest BCUT2D eigenvalue weighted by molar-refractivity contribution is -0.126. The Morgan fingerprint density at radius 1 is 1.00 bits per heavy atom. The fraction of sp³-hybridized carbons (Fsp3) is 0.645. The summed E-state index contributed by atoms with van der Waals surface area (Å²) in [4.78, 5) is 52.3. The minimum atomic E-state index is -0.495. The maximum absolute atomic E-state index is 12.7. The second-order valence-electron chi connectivity index (χ2n) is 11.8. The highest BCUT2D eigenvalue weighted by Crippen LogP contribution is 2.41. The molecule has 2 aromatic heterocycles. The van der Waals surface area contributed by atoms with E-state index in [-0.39, 0.29) is 55.7 Å². The molecule has 13 nitrogen and oxygen atoms in total. The van der Waals surface area contributed by atoms with E-state index in [2.05, 4.69) is 69.5 Å². The quantitative estimate of drug-likeness (QED) is 0.167. The van der Waals surface area contributed by atoms with Crippen LogP contribution in [-0.4, -0.2) is 103 Å². The number of hydrogen-bond donors (Lipinski definition) is 3. The van der Waals surface area contributed by atoms with Gasteiger partial charge in [0.15, 0.2) is 0 Å². The Labute approximate surface area is 260 Å². The molecule has 0 bridgehead atoms. The Morgan fingerprint density at radius 2 is 1.73 bits per heavy atom. The normalized spacial score (nSPS) is 16.2. The molecule has 3 amide bonds. The lowest BCUT2D eigenvalue weighted by atomic mass is 9.92. The number of rotatable bonds is 18. The number of nitrogens with one attached hydrogen (secondary N) is 3. The summed E-state index contributed by atoms with van der Waals surface area (Å²) >= 11 is 0. The highest BCUT2D eigenvalue weighted by atomic mass is 16.5.